The molecule has 0 spiro atoms. The Kier molecular flexibility index (Phi) is 5.39. The van der Waals surface area contributed by atoms with Crippen molar-refractivity contribution in [3.63, 3.8) is 0 Å². The molecule has 0 amide bonds. The summed E-state index contributed by atoms with van der Waals surface area (Å²) in [6, 6.07) is 4.55. The number of hydrogen-bond donors (Lipinski definition) is 0. The summed E-state index contributed by atoms with van der Waals surface area (Å²) in [5, 5.41) is 0. The van der Waals surface area contributed by atoms with Crippen LogP contribution in [0.3, 0.4) is 0 Å². The highest BCUT2D eigenvalue weighted by Crippen LogP contribution is 2.32. The van der Waals surface area contributed by atoms with Gasteiger partial charge in [-0.15, -0.1) is 0 Å². The van der Waals surface area contributed by atoms with Crippen LogP contribution in [-0.2, 0) is 4.74 Å². The van der Waals surface area contributed by atoms with Crippen LogP contribution in [-0.4, -0.2) is 55.7 Å². The van der Waals surface area contributed by atoms with E-state index in [1.807, 2.05) is 0 Å². The minimum Gasteiger partial charge on any atom is -0.380 e. The van der Waals surface area contributed by atoms with Gasteiger partial charge >= 0.3 is 0 Å². The Hall–Kier alpha value is -1.04. The SMILES string of the molecule is Fc1ccc([C@@H]2CCCN2CCN2CCCOCC2)cc1F. The first kappa shape index (κ1) is 15.8. The van der Waals surface area contributed by atoms with Gasteiger partial charge in [0.25, 0.3) is 0 Å². The molecule has 5 heteroatoms. The van der Waals surface area contributed by atoms with E-state index in [9.17, 15) is 8.78 Å². The minimum atomic E-state index is -0.766. The molecule has 2 heterocycles. The third-order valence-corrected chi connectivity index (χ3v) is 4.71. The Balaban J connectivity index is 1.59. The third kappa shape index (κ3) is 3.83. The number of rotatable bonds is 4. The summed E-state index contributed by atoms with van der Waals surface area (Å²) < 4.78 is 32.0. The fourth-order valence-corrected chi connectivity index (χ4v) is 3.48. The highest BCUT2D eigenvalue weighted by atomic mass is 19.2. The van der Waals surface area contributed by atoms with Gasteiger partial charge in [-0.25, -0.2) is 8.78 Å². The average molecular weight is 310 g/mol. The molecular weight excluding hydrogens is 286 g/mol. The lowest BCUT2D eigenvalue weighted by Crippen LogP contribution is -2.36. The Morgan fingerprint density at radius 1 is 1.00 bits per heavy atom. The van der Waals surface area contributed by atoms with Crippen LogP contribution in [0.4, 0.5) is 8.78 Å². The molecule has 1 aromatic rings. The molecular formula is C17H24F2N2O. The molecule has 1 atom stereocenters. The van der Waals surface area contributed by atoms with Crippen molar-refractivity contribution in [3.05, 3.63) is 35.4 Å². The molecule has 0 radical (unpaired) electrons. The van der Waals surface area contributed by atoms with E-state index in [0.717, 1.165) is 70.8 Å². The Morgan fingerprint density at radius 3 is 2.77 bits per heavy atom. The maximum Gasteiger partial charge on any atom is 0.159 e. The second-order valence-electron chi connectivity index (χ2n) is 6.18. The van der Waals surface area contributed by atoms with Crippen molar-refractivity contribution in [1.29, 1.82) is 0 Å². The van der Waals surface area contributed by atoms with E-state index in [1.165, 1.54) is 12.1 Å². The first-order valence-electron chi connectivity index (χ1n) is 8.23. The van der Waals surface area contributed by atoms with Gasteiger partial charge in [0.05, 0.1) is 6.61 Å². The summed E-state index contributed by atoms with van der Waals surface area (Å²) in [6.45, 7) is 6.78. The van der Waals surface area contributed by atoms with Crippen molar-refractivity contribution in [2.75, 3.05) is 45.9 Å². The Morgan fingerprint density at radius 2 is 1.91 bits per heavy atom. The first-order chi connectivity index (χ1) is 10.7. The van der Waals surface area contributed by atoms with Crippen LogP contribution < -0.4 is 0 Å². The van der Waals surface area contributed by atoms with Gasteiger partial charge < -0.3 is 4.74 Å². The van der Waals surface area contributed by atoms with Gasteiger partial charge in [0.2, 0.25) is 0 Å². The predicted octanol–water partition coefficient (Wildman–Crippen LogP) is 2.82. The number of benzene rings is 1. The number of ether oxygens (including phenoxy) is 1. The maximum atomic E-state index is 13.5. The fourth-order valence-electron chi connectivity index (χ4n) is 3.48. The average Bonchev–Trinajstić information content (AvgIpc) is 2.83. The topological polar surface area (TPSA) is 15.7 Å². The molecule has 2 aliphatic rings. The van der Waals surface area contributed by atoms with E-state index in [-0.39, 0.29) is 6.04 Å². The third-order valence-electron chi connectivity index (χ3n) is 4.71. The Bertz CT molecular complexity index is 490. The molecule has 1 aromatic carbocycles. The molecule has 22 heavy (non-hydrogen) atoms. The number of hydrogen-bond acceptors (Lipinski definition) is 3. The van der Waals surface area contributed by atoms with Crippen molar-refractivity contribution in [1.82, 2.24) is 9.80 Å². The van der Waals surface area contributed by atoms with Crippen molar-refractivity contribution >= 4 is 0 Å². The van der Waals surface area contributed by atoms with E-state index < -0.39 is 11.6 Å². The molecule has 0 saturated carbocycles. The van der Waals surface area contributed by atoms with E-state index >= 15 is 0 Å². The van der Waals surface area contributed by atoms with Crippen LogP contribution in [0.5, 0.6) is 0 Å². The van der Waals surface area contributed by atoms with Gasteiger partial charge in [-0.05, 0) is 43.5 Å². The quantitative estimate of drug-likeness (QED) is 0.850. The summed E-state index contributed by atoms with van der Waals surface area (Å²) in [5.41, 5.74) is 0.899. The lowest BCUT2D eigenvalue weighted by molar-refractivity contribution is 0.137. The summed E-state index contributed by atoms with van der Waals surface area (Å²) in [6.07, 6.45) is 3.23. The van der Waals surface area contributed by atoms with Gasteiger partial charge in [-0.3, -0.25) is 9.80 Å². The van der Waals surface area contributed by atoms with Crippen LogP contribution in [0.25, 0.3) is 0 Å². The maximum absolute atomic E-state index is 13.5. The van der Waals surface area contributed by atoms with E-state index in [4.69, 9.17) is 4.74 Å². The first-order valence-corrected chi connectivity index (χ1v) is 8.23. The molecule has 3 nitrogen and oxygen atoms in total. The molecule has 122 valence electrons. The predicted molar refractivity (Wildman–Crippen MR) is 81.8 cm³/mol. The van der Waals surface area contributed by atoms with Gasteiger partial charge in [0.1, 0.15) is 0 Å². The highest BCUT2D eigenvalue weighted by molar-refractivity contribution is 5.22. The van der Waals surface area contributed by atoms with E-state index in [0.29, 0.717) is 0 Å². The Labute approximate surface area is 130 Å². The molecule has 2 aliphatic heterocycles. The zero-order chi connectivity index (χ0) is 15.4. The van der Waals surface area contributed by atoms with E-state index in [2.05, 4.69) is 9.80 Å². The number of likely N-dealkylation sites (tertiary alicyclic amines) is 1. The monoisotopic (exact) mass is 310 g/mol. The molecule has 2 fully saturated rings. The van der Waals surface area contributed by atoms with Gasteiger partial charge in [-0.1, -0.05) is 6.07 Å². The lowest BCUT2D eigenvalue weighted by atomic mass is 10.0. The lowest BCUT2D eigenvalue weighted by Gasteiger charge is -2.28. The van der Waals surface area contributed by atoms with Crippen LogP contribution in [0, 0.1) is 11.6 Å². The minimum absolute atomic E-state index is 0.221. The van der Waals surface area contributed by atoms with Crippen LogP contribution in [0.2, 0.25) is 0 Å². The molecule has 0 aromatic heterocycles. The summed E-state index contributed by atoms with van der Waals surface area (Å²) in [7, 11) is 0. The smallest absolute Gasteiger partial charge is 0.159 e. The second-order valence-corrected chi connectivity index (χ2v) is 6.18. The normalized spacial score (nSPS) is 24.5. The molecule has 3 rings (SSSR count). The second kappa shape index (κ2) is 7.49. The highest BCUT2D eigenvalue weighted by Gasteiger charge is 2.26. The summed E-state index contributed by atoms with van der Waals surface area (Å²) in [4.78, 5) is 4.84. The number of nitrogens with zero attached hydrogens (tertiary/aromatic N) is 2. The number of halogens is 2. The molecule has 0 aliphatic carbocycles. The van der Waals surface area contributed by atoms with E-state index in [1.54, 1.807) is 6.07 Å². The molecule has 0 N–H and O–H groups in total. The zero-order valence-electron chi connectivity index (χ0n) is 12.9. The van der Waals surface area contributed by atoms with Crippen LogP contribution >= 0.6 is 0 Å². The zero-order valence-corrected chi connectivity index (χ0v) is 12.9. The van der Waals surface area contributed by atoms with Crippen molar-refractivity contribution < 1.29 is 13.5 Å². The van der Waals surface area contributed by atoms with Crippen molar-refractivity contribution in [3.8, 4) is 0 Å². The molecule has 0 unspecified atom stereocenters. The van der Waals surface area contributed by atoms with Gasteiger partial charge in [-0.2, -0.15) is 0 Å². The van der Waals surface area contributed by atoms with Crippen molar-refractivity contribution in [2.24, 2.45) is 0 Å². The van der Waals surface area contributed by atoms with Crippen molar-refractivity contribution in [2.45, 2.75) is 25.3 Å². The van der Waals surface area contributed by atoms with Gasteiger partial charge in [0.15, 0.2) is 11.6 Å². The summed E-state index contributed by atoms with van der Waals surface area (Å²) in [5.74, 6) is -1.51. The largest absolute Gasteiger partial charge is 0.380 e. The van der Waals surface area contributed by atoms with Crippen LogP contribution in [0.15, 0.2) is 18.2 Å². The standard InChI is InChI=1S/C17H24F2N2O/c18-15-5-4-14(13-16(15)19)17-3-1-7-21(17)9-8-20-6-2-11-22-12-10-20/h4-5,13,17H,1-3,6-12H2/t17-/m0/s1. The van der Waals surface area contributed by atoms with Crippen LogP contribution in [0.1, 0.15) is 30.9 Å². The molecule has 2 saturated heterocycles. The molecule has 0 bridgehead atoms. The fraction of sp³-hybridized carbons (Fsp3) is 0.647. The summed E-state index contributed by atoms with van der Waals surface area (Å²) >= 11 is 0. The van der Waals surface area contributed by atoms with Gasteiger partial charge in [0, 0.05) is 38.8 Å².